The fourth-order valence-corrected chi connectivity index (χ4v) is 2.15. The lowest BCUT2D eigenvalue weighted by Crippen LogP contribution is -2.48. The summed E-state index contributed by atoms with van der Waals surface area (Å²) in [6.45, 7) is 4.01. The maximum Gasteiger partial charge on any atom is 0.328 e. The zero-order chi connectivity index (χ0) is 18.2. The summed E-state index contributed by atoms with van der Waals surface area (Å²) < 4.78 is 0. The molecule has 0 atom stereocenters. The van der Waals surface area contributed by atoms with E-state index in [1.165, 1.54) is 5.56 Å². The van der Waals surface area contributed by atoms with Crippen molar-refractivity contribution in [3.05, 3.63) is 59.7 Å². The summed E-state index contributed by atoms with van der Waals surface area (Å²) in [5, 5.41) is 5.60. The van der Waals surface area contributed by atoms with Gasteiger partial charge in [0.05, 0.1) is 0 Å². The third-order valence-electron chi connectivity index (χ3n) is 3.43. The van der Waals surface area contributed by atoms with Crippen LogP contribution in [-0.4, -0.2) is 16.9 Å². The lowest BCUT2D eigenvalue weighted by atomic mass is 10.1. The van der Waals surface area contributed by atoms with Gasteiger partial charge in [-0.15, -0.1) is 0 Å². The minimum absolute atomic E-state index is 0.181. The first-order chi connectivity index (χ1) is 12.0. The highest BCUT2D eigenvalue weighted by Crippen LogP contribution is 2.10. The average Bonchev–Trinajstić information content (AvgIpc) is 2.62. The minimum Gasteiger partial charge on any atom is -0.331 e. The smallest absolute Gasteiger partial charge is 0.328 e. The number of hydrogen-bond donors (Lipinski definition) is 4. The molecule has 0 unspecified atom stereocenters. The zero-order valence-corrected chi connectivity index (χ0v) is 14.9. The summed E-state index contributed by atoms with van der Waals surface area (Å²) >= 11 is 5.08. The van der Waals surface area contributed by atoms with Crippen molar-refractivity contribution < 1.29 is 9.59 Å². The van der Waals surface area contributed by atoms with E-state index >= 15 is 0 Å². The van der Waals surface area contributed by atoms with Crippen molar-refractivity contribution in [3.8, 4) is 0 Å². The van der Waals surface area contributed by atoms with Crippen LogP contribution in [0.2, 0.25) is 0 Å². The second-order valence-electron chi connectivity index (χ2n) is 5.40. The molecular formula is C18H20N4O2S. The number of nitrogens with one attached hydrogen (secondary N) is 4. The second-order valence-corrected chi connectivity index (χ2v) is 5.81. The quantitative estimate of drug-likeness (QED) is 0.386. The number of rotatable bonds is 3. The molecular weight excluding hydrogens is 336 g/mol. The fourth-order valence-electron chi connectivity index (χ4n) is 1.98. The van der Waals surface area contributed by atoms with Crippen LogP contribution in [-0.2, 0) is 16.0 Å². The summed E-state index contributed by atoms with van der Waals surface area (Å²) in [5.74, 6) is -1.63. The predicted molar refractivity (Wildman–Crippen MR) is 103 cm³/mol. The Bertz CT molecular complexity index is 758. The highest BCUT2D eigenvalue weighted by atomic mass is 32.1. The van der Waals surface area contributed by atoms with Gasteiger partial charge in [-0.3, -0.25) is 20.4 Å². The van der Waals surface area contributed by atoms with Gasteiger partial charge in [-0.2, -0.15) is 0 Å². The maximum atomic E-state index is 11.8. The Morgan fingerprint density at radius 1 is 0.840 bits per heavy atom. The van der Waals surface area contributed by atoms with Crippen molar-refractivity contribution in [2.45, 2.75) is 20.3 Å². The molecule has 130 valence electrons. The number of hydrogen-bond acceptors (Lipinski definition) is 3. The number of aryl methyl sites for hydroxylation is 2. The lowest BCUT2D eigenvalue weighted by Gasteiger charge is -2.12. The number of benzene rings is 2. The number of amides is 2. The molecule has 25 heavy (non-hydrogen) atoms. The van der Waals surface area contributed by atoms with Gasteiger partial charge in [0.25, 0.3) is 0 Å². The van der Waals surface area contributed by atoms with Crippen molar-refractivity contribution in [2.24, 2.45) is 0 Å². The van der Waals surface area contributed by atoms with Crippen LogP contribution in [0, 0.1) is 6.92 Å². The van der Waals surface area contributed by atoms with Gasteiger partial charge >= 0.3 is 11.8 Å². The molecule has 0 radical (unpaired) electrons. The second kappa shape index (κ2) is 8.79. The fraction of sp³-hybridized carbons (Fsp3) is 0.167. The highest BCUT2D eigenvalue weighted by Gasteiger charge is 2.13. The topological polar surface area (TPSA) is 82.3 Å². The molecule has 0 heterocycles. The zero-order valence-electron chi connectivity index (χ0n) is 14.1. The Kier molecular flexibility index (Phi) is 6.47. The van der Waals surface area contributed by atoms with E-state index in [-0.39, 0.29) is 5.11 Å². The molecule has 0 aliphatic heterocycles. The van der Waals surface area contributed by atoms with Crippen LogP contribution < -0.4 is 21.5 Å². The normalized spacial score (nSPS) is 9.84. The lowest BCUT2D eigenvalue weighted by molar-refractivity contribution is -0.136. The van der Waals surface area contributed by atoms with Gasteiger partial charge in [-0.25, -0.2) is 0 Å². The highest BCUT2D eigenvalue weighted by molar-refractivity contribution is 7.80. The monoisotopic (exact) mass is 356 g/mol. The summed E-state index contributed by atoms with van der Waals surface area (Å²) in [5.41, 5.74) is 8.35. The molecule has 7 heteroatoms. The van der Waals surface area contributed by atoms with E-state index < -0.39 is 11.8 Å². The van der Waals surface area contributed by atoms with Crippen LogP contribution in [0.5, 0.6) is 0 Å². The molecule has 0 bridgehead atoms. The Labute approximate surface area is 152 Å². The van der Waals surface area contributed by atoms with E-state index in [2.05, 4.69) is 28.4 Å². The molecule has 0 saturated carbocycles. The Morgan fingerprint density at radius 2 is 1.40 bits per heavy atom. The van der Waals surface area contributed by atoms with Crippen molar-refractivity contribution in [1.29, 1.82) is 0 Å². The molecule has 0 aromatic heterocycles. The third kappa shape index (κ3) is 5.89. The molecule has 2 rings (SSSR count). The van der Waals surface area contributed by atoms with E-state index in [1.54, 1.807) is 12.1 Å². The number of hydrazine groups is 1. The summed E-state index contributed by atoms with van der Waals surface area (Å²) in [4.78, 5) is 23.6. The minimum atomic E-state index is -0.842. The van der Waals surface area contributed by atoms with Gasteiger partial charge in [0, 0.05) is 11.4 Å². The number of anilines is 2. The first kappa shape index (κ1) is 18.4. The first-order valence-corrected chi connectivity index (χ1v) is 8.22. The van der Waals surface area contributed by atoms with Crippen LogP contribution in [0.25, 0.3) is 0 Å². The van der Waals surface area contributed by atoms with E-state index in [9.17, 15) is 9.59 Å². The predicted octanol–water partition coefficient (Wildman–Crippen LogP) is 2.51. The number of carbonyl (C=O) groups excluding carboxylic acids is 2. The molecule has 4 N–H and O–H groups in total. The third-order valence-corrected chi connectivity index (χ3v) is 3.63. The molecule has 0 aliphatic rings. The van der Waals surface area contributed by atoms with Gasteiger partial charge < -0.3 is 10.6 Å². The first-order valence-electron chi connectivity index (χ1n) is 7.82. The van der Waals surface area contributed by atoms with Crippen LogP contribution >= 0.6 is 12.2 Å². The SMILES string of the molecule is CCc1ccc(NC(=S)NNC(=O)C(=O)Nc2ccc(C)cc2)cc1. The number of thiocarbonyl (C=S) groups is 1. The molecule has 0 spiro atoms. The molecule has 2 amide bonds. The van der Waals surface area contributed by atoms with E-state index in [0.717, 1.165) is 17.7 Å². The van der Waals surface area contributed by atoms with Gasteiger partial charge in [-0.1, -0.05) is 36.8 Å². The van der Waals surface area contributed by atoms with Gasteiger partial charge in [-0.05, 0) is 55.4 Å². The van der Waals surface area contributed by atoms with Crippen LogP contribution in [0.1, 0.15) is 18.1 Å². The Balaban J connectivity index is 1.78. The van der Waals surface area contributed by atoms with Gasteiger partial charge in [0.2, 0.25) is 0 Å². The molecule has 0 fully saturated rings. The summed E-state index contributed by atoms with van der Waals surface area (Å²) in [6, 6.07) is 14.9. The molecule has 0 aliphatic carbocycles. The van der Waals surface area contributed by atoms with Crippen molar-refractivity contribution >= 4 is 40.5 Å². The standard InChI is InChI=1S/C18H20N4O2S/c1-3-13-6-10-15(11-7-13)20-18(25)22-21-17(24)16(23)19-14-8-4-12(2)5-9-14/h4-11H,3H2,1-2H3,(H,19,23)(H,21,24)(H2,20,22,25). The Hall–Kier alpha value is -2.93. The van der Waals surface area contributed by atoms with Crippen LogP contribution in [0.3, 0.4) is 0 Å². The van der Waals surface area contributed by atoms with Crippen molar-refractivity contribution in [2.75, 3.05) is 10.6 Å². The van der Waals surface area contributed by atoms with E-state index in [4.69, 9.17) is 12.2 Å². The molecule has 2 aromatic rings. The van der Waals surface area contributed by atoms with E-state index in [0.29, 0.717) is 5.69 Å². The largest absolute Gasteiger partial charge is 0.331 e. The van der Waals surface area contributed by atoms with E-state index in [1.807, 2.05) is 43.3 Å². The molecule has 6 nitrogen and oxygen atoms in total. The Morgan fingerprint density at radius 3 is 2.00 bits per heavy atom. The van der Waals surface area contributed by atoms with Crippen molar-refractivity contribution in [1.82, 2.24) is 10.9 Å². The molecule has 2 aromatic carbocycles. The van der Waals surface area contributed by atoms with Gasteiger partial charge in [0.15, 0.2) is 5.11 Å². The summed E-state index contributed by atoms with van der Waals surface area (Å²) in [6.07, 6.45) is 0.954. The van der Waals surface area contributed by atoms with Gasteiger partial charge in [0.1, 0.15) is 0 Å². The van der Waals surface area contributed by atoms with Crippen LogP contribution in [0.4, 0.5) is 11.4 Å². The van der Waals surface area contributed by atoms with Crippen LogP contribution in [0.15, 0.2) is 48.5 Å². The molecule has 0 saturated heterocycles. The summed E-state index contributed by atoms with van der Waals surface area (Å²) in [7, 11) is 0. The maximum absolute atomic E-state index is 11.8. The average molecular weight is 356 g/mol. The number of carbonyl (C=O) groups is 2. The van der Waals surface area contributed by atoms with Crippen molar-refractivity contribution in [3.63, 3.8) is 0 Å².